The molecule has 0 aliphatic carbocycles. The molecule has 1 saturated heterocycles. The Labute approximate surface area is 130 Å². The van der Waals surface area contributed by atoms with Crippen molar-refractivity contribution in [1.82, 2.24) is 4.90 Å². The monoisotopic (exact) mass is 308 g/mol. The quantitative estimate of drug-likeness (QED) is 0.928. The number of hydrogen-bond acceptors (Lipinski definition) is 3. The van der Waals surface area contributed by atoms with Gasteiger partial charge in [0.05, 0.1) is 0 Å². The molecule has 0 bridgehead atoms. The number of nitrogens with zero attached hydrogens (tertiary/aromatic N) is 1. The van der Waals surface area contributed by atoms with Crippen molar-refractivity contribution in [3.8, 4) is 0 Å². The molecular formula is C16H21ClN2O2. The van der Waals surface area contributed by atoms with E-state index in [1.165, 1.54) is 0 Å². The fraction of sp³-hybridized carbons (Fsp3) is 0.438. The Bertz CT molecular complexity index is 667. The topological polar surface area (TPSA) is 59.5 Å². The second-order valence-corrected chi connectivity index (χ2v) is 6.04. The summed E-state index contributed by atoms with van der Waals surface area (Å²) in [6, 6.07) is 7.76. The summed E-state index contributed by atoms with van der Waals surface area (Å²) < 4.78 is 5.75. The van der Waals surface area contributed by atoms with Gasteiger partial charge in [-0.1, -0.05) is 25.1 Å². The van der Waals surface area contributed by atoms with Gasteiger partial charge in [-0.2, -0.15) is 0 Å². The van der Waals surface area contributed by atoms with Crippen molar-refractivity contribution in [2.75, 3.05) is 19.6 Å². The lowest BCUT2D eigenvalue weighted by Gasteiger charge is -2.22. The fourth-order valence-corrected chi connectivity index (χ4v) is 2.89. The molecule has 1 aromatic heterocycles. The van der Waals surface area contributed by atoms with Gasteiger partial charge in [0.2, 0.25) is 0 Å². The number of hydrogen-bond donors (Lipinski definition) is 1. The van der Waals surface area contributed by atoms with Gasteiger partial charge in [-0.15, -0.1) is 12.4 Å². The van der Waals surface area contributed by atoms with Gasteiger partial charge < -0.3 is 15.1 Å². The van der Waals surface area contributed by atoms with E-state index < -0.39 is 0 Å². The third-order valence-corrected chi connectivity index (χ3v) is 4.38. The smallest absolute Gasteiger partial charge is 0.289 e. The summed E-state index contributed by atoms with van der Waals surface area (Å²) in [6.07, 6.45) is 0.953. The number of amides is 1. The van der Waals surface area contributed by atoms with Crippen molar-refractivity contribution in [3.05, 3.63) is 35.6 Å². The molecule has 0 spiro atoms. The molecule has 3 rings (SSSR count). The van der Waals surface area contributed by atoms with Crippen LogP contribution in [0.5, 0.6) is 0 Å². The molecule has 2 N–H and O–H groups in total. The van der Waals surface area contributed by atoms with Crippen molar-refractivity contribution in [2.24, 2.45) is 11.1 Å². The Morgan fingerprint density at radius 2 is 2.14 bits per heavy atom. The van der Waals surface area contributed by atoms with Gasteiger partial charge in [0.15, 0.2) is 5.76 Å². The molecule has 0 saturated carbocycles. The molecule has 114 valence electrons. The predicted octanol–water partition coefficient (Wildman–Crippen LogP) is 2.97. The lowest BCUT2D eigenvalue weighted by Crippen LogP contribution is -2.34. The van der Waals surface area contributed by atoms with Crippen molar-refractivity contribution < 1.29 is 9.21 Å². The van der Waals surface area contributed by atoms with E-state index in [1.54, 1.807) is 0 Å². The highest BCUT2D eigenvalue weighted by Gasteiger charge is 2.36. The molecule has 1 aliphatic heterocycles. The van der Waals surface area contributed by atoms with Gasteiger partial charge in [-0.05, 0) is 31.4 Å². The number of nitrogens with two attached hydrogens (primary N) is 1. The van der Waals surface area contributed by atoms with E-state index >= 15 is 0 Å². The highest BCUT2D eigenvalue weighted by Crippen LogP contribution is 2.32. The van der Waals surface area contributed by atoms with E-state index in [4.69, 9.17) is 10.2 Å². The van der Waals surface area contributed by atoms with Crippen molar-refractivity contribution in [1.29, 1.82) is 0 Å². The summed E-state index contributed by atoms with van der Waals surface area (Å²) in [5.41, 5.74) is 7.53. The molecule has 1 aromatic carbocycles. The molecule has 2 aromatic rings. The van der Waals surface area contributed by atoms with Crippen LogP contribution in [0.1, 0.15) is 29.5 Å². The number of carbonyl (C=O) groups is 1. The van der Waals surface area contributed by atoms with E-state index in [9.17, 15) is 4.79 Å². The van der Waals surface area contributed by atoms with Gasteiger partial charge in [0.25, 0.3) is 5.91 Å². The molecule has 21 heavy (non-hydrogen) atoms. The van der Waals surface area contributed by atoms with Crippen molar-refractivity contribution in [2.45, 2.75) is 20.3 Å². The second kappa shape index (κ2) is 5.70. The number of halogens is 1. The Balaban J connectivity index is 0.00000161. The number of carbonyl (C=O) groups excluding carboxylic acids is 1. The van der Waals surface area contributed by atoms with Gasteiger partial charge in [0, 0.05) is 24.0 Å². The molecular weight excluding hydrogens is 288 g/mol. The SMILES string of the molecule is Cc1c(C(=O)N2CCC(C)(CN)C2)oc2ccccc12.Cl. The largest absolute Gasteiger partial charge is 0.451 e. The summed E-state index contributed by atoms with van der Waals surface area (Å²) in [6.45, 7) is 6.14. The average molecular weight is 309 g/mol. The Morgan fingerprint density at radius 1 is 1.43 bits per heavy atom. The van der Waals surface area contributed by atoms with E-state index in [0.29, 0.717) is 18.8 Å². The van der Waals surface area contributed by atoms with Crippen LogP contribution in [0.2, 0.25) is 0 Å². The zero-order valence-electron chi connectivity index (χ0n) is 12.4. The minimum Gasteiger partial charge on any atom is -0.451 e. The molecule has 5 heteroatoms. The molecule has 2 heterocycles. The van der Waals surface area contributed by atoms with Gasteiger partial charge >= 0.3 is 0 Å². The summed E-state index contributed by atoms with van der Waals surface area (Å²) in [5.74, 6) is 0.448. The van der Waals surface area contributed by atoms with Gasteiger partial charge in [-0.25, -0.2) is 0 Å². The average Bonchev–Trinajstić information content (AvgIpc) is 3.01. The summed E-state index contributed by atoms with van der Waals surface area (Å²) in [7, 11) is 0. The Hall–Kier alpha value is -1.52. The number of benzene rings is 1. The van der Waals surface area contributed by atoms with E-state index in [1.807, 2.05) is 36.1 Å². The third kappa shape index (κ3) is 2.65. The second-order valence-electron chi connectivity index (χ2n) is 6.04. The zero-order chi connectivity index (χ0) is 14.3. The summed E-state index contributed by atoms with van der Waals surface area (Å²) >= 11 is 0. The maximum Gasteiger partial charge on any atom is 0.289 e. The highest BCUT2D eigenvalue weighted by molar-refractivity contribution is 5.99. The summed E-state index contributed by atoms with van der Waals surface area (Å²) in [4.78, 5) is 14.5. The highest BCUT2D eigenvalue weighted by atomic mass is 35.5. The van der Waals surface area contributed by atoms with Crippen LogP contribution in [0.15, 0.2) is 28.7 Å². The number of aryl methyl sites for hydroxylation is 1. The minimum absolute atomic E-state index is 0. The fourth-order valence-electron chi connectivity index (χ4n) is 2.89. The number of para-hydroxylation sites is 1. The molecule has 0 radical (unpaired) electrons. The standard InChI is InChI=1S/C16H20N2O2.ClH/c1-11-12-5-3-4-6-13(12)20-14(11)15(19)18-8-7-16(2,9-17)10-18;/h3-6H,7-10,17H2,1-2H3;1H. The molecule has 1 aliphatic rings. The Kier molecular flexibility index (Phi) is 4.30. The lowest BCUT2D eigenvalue weighted by molar-refractivity contribution is 0.0746. The lowest BCUT2D eigenvalue weighted by atomic mass is 9.90. The number of fused-ring (bicyclic) bond motifs is 1. The molecule has 1 fully saturated rings. The van der Waals surface area contributed by atoms with Crippen LogP contribution in [-0.4, -0.2) is 30.4 Å². The Morgan fingerprint density at radius 3 is 2.76 bits per heavy atom. The van der Waals surface area contributed by atoms with Crippen LogP contribution in [0.4, 0.5) is 0 Å². The third-order valence-electron chi connectivity index (χ3n) is 4.38. The van der Waals surface area contributed by atoms with Crippen LogP contribution in [0.25, 0.3) is 11.0 Å². The van der Waals surface area contributed by atoms with Crippen LogP contribution in [0, 0.1) is 12.3 Å². The first kappa shape index (κ1) is 15.9. The van der Waals surface area contributed by atoms with E-state index in [-0.39, 0.29) is 23.7 Å². The minimum atomic E-state index is -0.0177. The normalized spacial score (nSPS) is 21.6. The predicted molar refractivity (Wildman–Crippen MR) is 85.9 cm³/mol. The molecule has 1 unspecified atom stereocenters. The molecule has 1 atom stereocenters. The first-order chi connectivity index (χ1) is 9.54. The first-order valence-corrected chi connectivity index (χ1v) is 7.01. The van der Waals surface area contributed by atoms with Crippen LogP contribution < -0.4 is 5.73 Å². The van der Waals surface area contributed by atoms with Crippen molar-refractivity contribution >= 4 is 29.3 Å². The van der Waals surface area contributed by atoms with Crippen LogP contribution in [0.3, 0.4) is 0 Å². The van der Waals surface area contributed by atoms with Gasteiger partial charge in [-0.3, -0.25) is 4.79 Å². The van der Waals surface area contributed by atoms with Gasteiger partial charge in [0.1, 0.15) is 5.58 Å². The van der Waals surface area contributed by atoms with E-state index in [0.717, 1.165) is 29.5 Å². The first-order valence-electron chi connectivity index (χ1n) is 7.01. The summed E-state index contributed by atoms with van der Waals surface area (Å²) in [5, 5.41) is 1.01. The van der Waals surface area contributed by atoms with Crippen LogP contribution >= 0.6 is 12.4 Å². The molecule has 4 nitrogen and oxygen atoms in total. The number of rotatable bonds is 2. The van der Waals surface area contributed by atoms with E-state index in [2.05, 4.69) is 6.92 Å². The van der Waals surface area contributed by atoms with Crippen LogP contribution in [-0.2, 0) is 0 Å². The maximum atomic E-state index is 12.6. The number of furan rings is 1. The zero-order valence-corrected chi connectivity index (χ0v) is 13.2. The van der Waals surface area contributed by atoms with Crippen molar-refractivity contribution in [3.63, 3.8) is 0 Å². The maximum absolute atomic E-state index is 12.6. The molecule has 1 amide bonds. The number of likely N-dealkylation sites (tertiary alicyclic amines) is 1.